The van der Waals surface area contributed by atoms with Crippen LogP contribution < -0.4 is 0 Å². The predicted octanol–water partition coefficient (Wildman–Crippen LogP) is 4.18. The second-order valence-electron chi connectivity index (χ2n) is 5.15. The highest BCUT2D eigenvalue weighted by atomic mass is 14.4. The third kappa shape index (κ3) is 2.09. The van der Waals surface area contributed by atoms with Crippen molar-refractivity contribution in [1.29, 1.82) is 0 Å². The summed E-state index contributed by atoms with van der Waals surface area (Å²) in [5.41, 5.74) is 1.55. The van der Waals surface area contributed by atoms with Crippen LogP contribution in [-0.2, 0) is 0 Å². The maximum atomic E-state index is 2.66. The van der Waals surface area contributed by atoms with Crippen molar-refractivity contribution in [1.82, 2.24) is 0 Å². The molecule has 0 bridgehead atoms. The van der Waals surface area contributed by atoms with Gasteiger partial charge in [0.2, 0.25) is 0 Å². The van der Waals surface area contributed by atoms with Gasteiger partial charge in [-0.1, -0.05) is 56.0 Å². The zero-order chi connectivity index (χ0) is 10.1. The fourth-order valence-corrected chi connectivity index (χ4v) is 3.01. The first-order valence-electron chi connectivity index (χ1n) is 6.33. The summed E-state index contributed by atoms with van der Waals surface area (Å²) in [4.78, 5) is 0. The van der Waals surface area contributed by atoms with Crippen molar-refractivity contribution in [3.8, 4) is 0 Å². The first kappa shape index (κ1) is 9.45. The van der Waals surface area contributed by atoms with E-state index in [0.717, 1.165) is 17.8 Å². The Morgan fingerprint density at radius 2 is 1.73 bits per heavy atom. The molecule has 2 fully saturated rings. The van der Waals surface area contributed by atoms with Crippen LogP contribution in [-0.4, -0.2) is 0 Å². The highest BCUT2D eigenvalue weighted by Gasteiger charge is 2.39. The lowest BCUT2D eigenvalue weighted by molar-refractivity contribution is 0.590. The second-order valence-corrected chi connectivity index (χ2v) is 5.15. The van der Waals surface area contributed by atoms with Crippen LogP contribution >= 0.6 is 0 Å². The van der Waals surface area contributed by atoms with Crippen molar-refractivity contribution >= 4 is 0 Å². The molecule has 1 aromatic carbocycles. The summed E-state index contributed by atoms with van der Waals surface area (Å²) in [5, 5.41) is 0. The number of hydrogen-bond acceptors (Lipinski definition) is 0. The largest absolute Gasteiger partial charge is 0.0622 e. The van der Waals surface area contributed by atoms with Crippen molar-refractivity contribution < 1.29 is 0 Å². The minimum atomic E-state index is 0.854. The van der Waals surface area contributed by atoms with Gasteiger partial charge in [-0.05, 0) is 36.2 Å². The molecule has 2 aliphatic carbocycles. The van der Waals surface area contributed by atoms with Gasteiger partial charge in [-0.2, -0.15) is 0 Å². The normalized spacial score (nSPS) is 30.7. The van der Waals surface area contributed by atoms with E-state index in [0.29, 0.717) is 0 Å². The average molecular weight is 199 g/mol. The molecule has 15 heavy (non-hydrogen) atoms. The molecule has 0 spiro atoms. The van der Waals surface area contributed by atoms with Gasteiger partial charge in [-0.3, -0.25) is 0 Å². The lowest BCUT2D eigenvalue weighted by Gasteiger charge is -2.07. The SMILES string of the molecule is [CH](C1CCCC1)[C@@H]1C[C@H]1c1ccccc1. The molecule has 0 heteroatoms. The molecule has 0 saturated heterocycles. The zero-order valence-corrected chi connectivity index (χ0v) is 9.23. The Hall–Kier alpha value is -0.780. The molecule has 0 N–H and O–H groups in total. The van der Waals surface area contributed by atoms with Gasteiger partial charge in [0, 0.05) is 0 Å². The monoisotopic (exact) mass is 199 g/mol. The summed E-state index contributed by atoms with van der Waals surface area (Å²) in [6.45, 7) is 0. The molecule has 0 heterocycles. The molecule has 1 radical (unpaired) electrons. The summed E-state index contributed by atoms with van der Waals surface area (Å²) in [6.07, 6.45) is 9.90. The van der Waals surface area contributed by atoms with E-state index in [1.54, 1.807) is 5.56 Å². The lowest BCUT2D eigenvalue weighted by Crippen LogP contribution is -1.96. The molecule has 2 aliphatic rings. The van der Waals surface area contributed by atoms with Gasteiger partial charge in [0.05, 0.1) is 0 Å². The van der Waals surface area contributed by atoms with Crippen LogP contribution in [0.5, 0.6) is 0 Å². The molecule has 0 unspecified atom stereocenters. The Labute approximate surface area is 92.7 Å². The van der Waals surface area contributed by atoms with Gasteiger partial charge in [-0.25, -0.2) is 0 Å². The summed E-state index contributed by atoms with van der Waals surface area (Å²) >= 11 is 0. The van der Waals surface area contributed by atoms with Crippen LogP contribution in [0.4, 0.5) is 0 Å². The number of hydrogen-bond donors (Lipinski definition) is 0. The highest BCUT2D eigenvalue weighted by Crippen LogP contribution is 2.51. The maximum absolute atomic E-state index is 2.66. The van der Waals surface area contributed by atoms with Gasteiger partial charge in [-0.15, -0.1) is 0 Å². The average Bonchev–Trinajstić information content (AvgIpc) is 2.84. The zero-order valence-electron chi connectivity index (χ0n) is 9.23. The van der Waals surface area contributed by atoms with Crippen LogP contribution in [0.25, 0.3) is 0 Å². The standard InChI is InChI=1S/C15H19/c1-2-8-13(9-3-1)15-11-14(15)10-12-6-4-5-7-12/h1-3,8-10,12,14-15H,4-7,11H2/t14-,15+/m1/s1. The summed E-state index contributed by atoms with van der Waals surface area (Å²) < 4.78 is 0. The smallest absolute Gasteiger partial charge is 0.0128 e. The van der Waals surface area contributed by atoms with Crippen molar-refractivity contribution in [3.63, 3.8) is 0 Å². The summed E-state index contributed by atoms with van der Waals surface area (Å²) in [7, 11) is 0. The van der Waals surface area contributed by atoms with E-state index in [4.69, 9.17) is 0 Å². The van der Waals surface area contributed by atoms with Crippen LogP contribution in [0.1, 0.15) is 43.6 Å². The van der Waals surface area contributed by atoms with Gasteiger partial charge >= 0.3 is 0 Å². The number of benzene rings is 1. The van der Waals surface area contributed by atoms with E-state index >= 15 is 0 Å². The van der Waals surface area contributed by atoms with E-state index in [-0.39, 0.29) is 0 Å². The van der Waals surface area contributed by atoms with Crippen molar-refractivity contribution in [2.24, 2.45) is 11.8 Å². The molecule has 0 nitrogen and oxygen atoms in total. The first-order valence-corrected chi connectivity index (χ1v) is 6.33. The van der Waals surface area contributed by atoms with E-state index in [1.165, 1.54) is 32.1 Å². The Kier molecular flexibility index (Phi) is 2.52. The molecule has 1 aromatic rings. The molecule has 2 saturated carbocycles. The van der Waals surface area contributed by atoms with Gasteiger partial charge in [0.25, 0.3) is 0 Å². The van der Waals surface area contributed by atoms with Crippen molar-refractivity contribution in [2.45, 2.75) is 38.0 Å². The molecule has 3 rings (SSSR count). The van der Waals surface area contributed by atoms with E-state index < -0.39 is 0 Å². The Morgan fingerprint density at radius 3 is 2.47 bits per heavy atom. The highest BCUT2D eigenvalue weighted by molar-refractivity contribution is 5.27. The van der Waals surface area contributed by atoms with E-state index in [9.17, 15) is 0 Å². The molecular formula is C15H19. The second kappa shape index (κ2) is 4.00. The Bertz CT molecular complexity index is 308. The van der Waals surface area contributed by atoms with Gasteiger partial charge in [0.15, 0.2) is 0 Å². The third-order valence-corrected chi connectivity index (χ3v) is 3.99. The quantitative estimate of drug-likeness (QED) is 0.685. The van der Waals surface area contributed by atoms with Crippen LogP contribution in [0.3, 0.4) is 0 Å². The van der Waals surface area contributed by atoms with Crippen LogP contribution in [0, 0.1) is 18.3 Å². The van der Waals surface area contributed by atoms with Crippen molar-refractivity contribution in [3.05, 3.63) is 42.3 Å². The Morgan fingerprint density at radius 1 is 1.00 bits per heavy atom. The molecule has 2 atom stereocenters. The molecular weight excluding hydrogens is 180 g/mol. The van der Waals surface area contributed by atoms with Crippen molar-refractivity contribution in [2.75, 3.05) is 0 Å². The molecule has 0 aliphatic heterocycles. The van der Waals surface area contributed by atoms with Gasteiger partial charge in [0.1, 0.15) is 0 Å². The van der Waals surface area contributed by atoms with Crippen LogP contribution in [0.2, 0.25) is 0 Å². The Balaban J connectivity index is 1.55. The molecule has 0 amide bonds. The fourth-order valence-electron chi connectivity index (χ4n) is 3.01. The van der Waals surface area contributed by atoms with Gasteiger partial charge < -0.3 is 0 Å². The van der Waals surface area contributed by atoms with E-state index in [1.807, 2.05) is 0 Å². The minimum Gasteiger partial charge on any atom is -0.0622 e. The fraction of sp³-hybridized carbons (Fsp3) is 0.533. The number of rotatable bonds is 3. The van der Waals surface area contributed by atoms with E-state index in [2.05, 4.69) is 36.8 Å². The predicted molar refractivity (Wildman–Crippen MR) is 63.5 cm³/mol. The lowest BCUT2D eigenvalue weighted by atomic mass is 9.98. The third-order valence-electron chi connectivity index (χ3n) is 3.99. The summed E-state index contributed by atoms with van der Waals surface area (Å²) in [5.74, 6) is 2.70. The maximum Gasteiger partial charge on any atom is -0.0128 e. The topological polar surface area (TPSA) is 0 Å². The molecule has 79 valence electrons. The molecule has 0 aromatic heterocycles. The summed E-state index contributed by atoms with van der Waals surface area (Å²) in [6, 6.07) is 11.0. The van der Waals surface area contributed by atoms with Crippen LogP contribution in [0.15, 0.2) is 30.3 Å². The first-order chi connectivity index (χ1) is 7.43. The minimum absolute atomic E-state index is 0.854.